The molecule has 2 aromatic rings. The van der Waals surface area contributed by atoms with E-state index in [1.807, 2.05) is 0 Å². The molecule has 0 atom stereocenters. The van der Waals surface area contributed by atoms with Crippen LogP contribution in [0.4, 0.5) is 11.4 Å². The molecule has 0 aromatic heterocycles. The molecule has 0 radical (unpaired) electrons. The predicted molar refractivity (Wildman–Crippen MR) is 227 cm³/mol. The summed E-state index contributed by atoms with van der Waals surface area (Å²) in [6, 6.07) is 17.3. The van der Waals surface area contributed by atoms with Crippen molar-refractivity contribution in [1.82, 2.24) is 0 Å². The molecule has 316 valence electrons. The maximum absolute atomic E-state index is 6.00. The summed E-state index contributed by atoms with van der Waals surface area (Å²) < 4.78 is 47.1. The SMILES string of the molecule is C#CCOCCOCCOCCOCCN1/C(=C/C=C/C=C/C2=[N+](CCOCCOCCOCCOCC#C)c3ccccc3C2(C)C)C(C)(C)c2ccccc21.[Cl-]. The highest BCUT2D eigenvalue weighted by atomic mass is 35.5. The van der Waals surface area contributed by atoms with Gasteiger partial charge in [0.1, 0.15) is 19.8 Å². The molecule has 0 unspecified atom stereocenters. The van der Waals surface area contributed by atoms with Gasteiger partial charge in [-0.2, -0.15) is 4.58 Å². The van der Waals surface area contributed by atoms with E-state index in [0.717, 1.165) is 13.1 Å². The molecule has 2 aromatic carbocycles. The van der Waals surface area contributed by atoms with E-state index in [1.54, 1.807) is 0 Å². The summed E-state index contributed by atoms with van der Waals surface area (Å²) >= 11 is 0. The fraction of sp³-hybridized carbons (Fsp3) is 0.511. The Balaban J connectivity index is 0.00000900. The van der Waals surface area contributed by atoms with Crippen LogP contribution in [0.2, 0.25) is 0 Å². The van der Waals surface area contributed by atoms with Gasteiger partial charge < -0.3 is 55.2 Å². The topological polar surface area (TPSA) is 80.1 Å². The van der Waals surface area contributed by atoms with Gasteiger partial charge in [-0.15, -0.1) is 12.8 Å². The number of terminal acetylenes is 2. The molecule has 10 nitrogen and oxygen atoms in total. The van der Waals surface area contributed by atoms with E-state index in [1.165, 1.54) is 33.9 Å². The van der Waals surface area contributed by atoms with Gasteiger partial charge in [0.2, 0.25) is 5.69 Å². The average molecular weight is 819 g/mol. The molecular weight excluding hydrogens is 756 g/mol. The second-order valence-corrected chi connectivity index (χ2v) is 14.5. The Bertz CT molecular complexity index is 1720. The number of hydrogen-bond donors (Lipinski definition) is 0. The quantitative estimate of drug-likeness (QED) is 0.0533. The average Bonchev–Trinajstić information content (AvgIpc) is 3.56. The molecule has 0 saturated heterocycles. The maximum atomic E-state index is 6.00. The standard InChI is InChI=1S/C47H63N2O8.ClH/c1-7-24-50-28-32-54-36-38-56-34-30-52-26-22-48-42-18-14-12-16-40(42)46(3,4)44(48)20-10-9-11-21-45-47(5,6)41-17-13-15-19-43(41)49(45)23-27-53-31-35-57-39-37-55-33-29-51-25-8-2;/h1-2,9-21H,22-39H2,3-6H3;1H/q+1;/p-1. The number of fused-ring (bicyclic) bond motifs is 2. The fourth-order valence-electron chi connectivity index (χ4n) is 7.01. The summed E-state index contributed by atoms with van der Waals surface area (Å²) in [5.41, 5.74) is 7.22. The highest BCUT2D eigenvalue weighted by molar-refractivity contribution is 6.03. The number of rotatable bonds is 29. The lowest BCUT2D eigenvalue weighted by Gasteiger charge is -2.27. The smallest absolute Gasteiger partial charge is 0.209 e. The van der Waals surface area contributed by atoms with Crippen molar-refractivity contribution < 1.29 is 54.9 Å². The van der Waals surface area contributed by atoms with Crippen molar-refractivity contribution in [3.8, 4) is 24.7 Å². The summed E-state index contributed by atoms with van der Waals surface area (Å²) in [4.78, 5) is 2.38. The molecule has 2 aliphatic heterocycles. The number of benzene rings is 2. The van der Waals surface area contributed by atoms with Gasteiger partial charge in [-0.3, -0.25) is 0 Å². The van der Waals surface area contributed by atoms with Crippen LogP contribution in [0.1, 0.15) is 38.8 Å². The monoisotopic (exact) mass is 818 g/mol. The van der Waals surface area contributed by atoms with E-state index in [-0.39, 0.29) is 23.2 Å². The normalized spacial score (nSPS) is 15.9. The molecule has 11 heteroatoms. The lowest BCUT2D eigenvalue weighted by molar-refractivity contribution is -0.442. The molecule has 0 bridgehead atoms. The van der Waals surface area contributed by atoms with Crippen molar-refractivity contribution in [1.29, 1.82) is 0 Å². The molecule has 0 spiro atoms. The van der Waals surface area contributed by atoms with Gasteiger partial charge >= 0.3 is 0 Å². The molecule has 2 aliphatic rings. The highest BCUT2D eigenvalue weighted by Crippen LogP contribution is 2.47. The van der Waals surface area contributed by atoms with E-state index >= 15 is 0 Å². The third kappa shape index (κ3) is 14.8. The van der Waals surface area contributed by atoms with Gasteiger partial charge in [-0.1, -0.05) is 80.3 Å². The second kappa shape index (κ2) is 27.1. The van der Waals surface area contributed by atoms with Crippen LogP contribution in [-0.2, 0) is 48.7 Å². The molecule has 0 N–H and O–H groups in total. The Morgan fingerprint density at radius 2 is 1.05 bits per heavy atom. The fourth-order valence-corrected chi connectivity index (χ4v) is 7.01. The number of allylic oxidation sites excluding steroid dienone is 6. The van der Waals surface area contributed by atoms with Crippen LogP contribution in [-0.4, -0.2) is 129 Å². The minimum atomic E-state index is -0.156. The van der Waals surface area contributed by atoms with Gasteiger partial charge in [0, 0.05) is 41.1 Å². The first-order valence-electron chi connectivity index (χ1n) is 20.0. The zero-order valence-corrected chi connectivity index (χ0v) is 35.7. The van der Waals surface area contributed by atoms with Crippen LogP contribution >= 0.6 is 0 Å². The first kappa shape index (κ1) is 48.6. The Labute approximate surface area is 353 Å². The van der Waals surface area contributed by atoms with Crippen LogP contribution in [0, 0.1) is 24.7 Å². The molecule has 0 saturated carbocycles. The van der Waals surface area contributed by atoms with E-state index in [2.05, 4.69) is 128 Å². The van der Waals surface area contributed by atoms with Crippen molar-refractivity contribution in [2.45, 2.75) is 38.5 Å². The molecular formula is C47H63ClN2O8. The van der Waals surface area contributed by atoms with Crippen molar-refractivity contribution in [3.63, 3.8) is 0 Å². The van der Waals surface area contributed by atoms with Crippen LogP contribution in [0.25, 0.3) is 0 Å². The summed E-state index contributed by atoms with van der Waals surface area (Å²) in [6.07, 6.45) is 21.2. The van der Waals surface area contributed by atoms with E-state index in [0.29, 0.717) is 106 Å². The van der Waals surface area contributed by atoms with Crippen LogP contribution in [0.15, 0.2) is 84.6 Å². The lowest BCUT2D eigenvalue weighted by Crippen LogP contribution is -3.00. The summed E-state index contributed by atoms with van der Waals surface area (Å²) in [5, 5.41) is 0. The van der Waals surface area contributed by atoms with Crippen molar-refractivity contribution in [2.75, 3.05) is 124 Å². The lowest BCUT2D eigenvalue weighted by atomic mass is 9.81. The molecule has 0 amide bonds. The molecule has 4 rings (SSSR count). The zero-order valence-electron chi connectivity index (χ0n) is 34.9. The van der Waals surface area contributed by atoms with Gasteiger partial charge in [-0.05, 0) is 31.6 Å². The van der Waals surface area contributed by atoms with E-state index < -0.39 is 0 Å². The minimum Gasteiger partial charge on any atom is -1.00 e. The number of anilines is 1. The first-order valence-corrected chi connectivity index (χ1v) is 20.0. The summed E-state index contributed by atoms with van der Waals surface area (Å²) in [5.74, 6) is 4.87. The summed E-state index contributed by atoms with van der Waals surface area (Å²) in [6.45, 7) is 18.5. The first-order chi connectivity index (χ1) is 27.8. The van der Waals surface area contributed by atoms with Crippen LogP contribution in [0.5, 0.6) is 0 Å². The molecule has 58 heavy (non-hydrogen) atoms. The van der Waals surface area contributed by atoms with Crippen LogP contribution < -0.4 is 17.3 Å². The van der Waals surface area contributed by atoms with E-state index in [4.69, 9.17) is 50.7 Å². The largest absolute Gasteiger partial charge is 1.00 e. The van der Waals surface area contributed by atoms with E-state index in [9.17, 15) is 0 Å². The predicted octanol–water partition coefficient (Wildman–Crippen LogP) is 3.26. The maximum Gasteiger partial charge on any atom is 0.209 e. The Morgan fingerprint density at radius 3 is 1.62 bits per heavy atom. The van der Waals surface area contributed by atoms with Crippen LogP contribution in [0.3, 0.4) is 0 Å². The second-order valence-electron chi connectivity index (χ2n) is 14.5. The van der Waals surface area contributed by atoms with Gasteiger partial charge in [-0.25, -0.2) is 0 Å². The third-order valence-corrected chi connectivity index (χ3v) is 9.85. The molecule has 0 fully saturated rings. The van der Waals surface area contributed by atoms with Gasteiger partial charge in [0.05, 0.1) is 91.3 Å². The van der Waals surface area contributed by atoms with Crippen molar-refractivity contribution >= 4 is 17.1 Å². The number of halogens is 1. The van der Waals surface area contributed by atoms with Crippen molar-refractivity contribution in [2.24, 2.45) is 0 Å². The van der Waals surface area contributed by atoms with Crippen molar-refractivity contribution in [3.05, 3.63) is 95.7 Å². The minimum absolute atomic E-state index is 0. The Kier molecular flexibility index (Phi) is 22.7. The van der Waals surface area contributed by atoms with Gasteiger partial charge in [0.25, 0.3) is 0 Å². The number of para-hydroxylation sites is 2. The number of ether oxygens (including phenoxy) is 8. The molecule has 2 heterocycles. The Hall–Kier alpha value is -3.78. The zero-order chi connectivity index (χ0) is 40.6. The summed E-state index contributed by atoms with van der Waals surface area (Å²) in [7, 11) is 0. The Morgan fingerprint density at radius 1 is 0.569 bits per heavy atom. The van der Waals surface area contributed by atoms with Gasteiger partial charge in [0.15, 0.2) is 12.3 Å². The number of nitrogens with zero attached hydrogens (tertiary/aromatic N) is 2. The third-order valence-electron chi connectivity index (χ3n) is 9.85. The highest BCUT2D eigenvalue weighted by Gasteiger charge is 2.44. The molecule has 0 aliphatic carbocycles. The number of hydrogen-bond acceptors (Lipinski definition) is 9.